The molecule has 0 spiro atoms. The molecule has 2 aromatic carbocycles. The Morgan fingerprint density at radius 1 is 0.613 bits per heavy atom. The van der Waals surface area contributed by atoms with Crippen LogP contribution >= 0.6 is 15.9 Å². The number of imidazole rings is 1. The molecule has 0 atom stereocenters. The van der Waals surface area contributed by atoms with Crippen molar-refractivity contribution in [2.75, 3.05) is 0 Å². The highest BCUT2D eigenvalue weighted by molar-refractivity contribution is 9.10. The first-order chi connectivity index (χ1) is 15.3. The largest absolute Gasteiger partial charge is 0.293 e. The van der Waals surface area contributed by atoms with Crippen molar-refractivity contribution < 1.29 is 0 Å². The maximum Gasteiger partial charge on any atom is 0.159 e. The molecule has 0 aliphatic heterocycles. The van der Waals surface area contributed by atoms with E-state index in [1.54, 1.807) is 0 Å². The Hall–Kier alpha value is -3.77. The Morgan fingerprint density at radius 3 is 1.90 bits per heavy atom. The van der Waals surface area contributed by atoms with E-state index in [9.17, 15) is 0 Å². The summed E-state index contributed by atoms with van der Waals surface area (Å²) in [6, 6.07) is 25.0. The van der Waals surface area contributed by atoms with E-state index < -0.39 is 0 Å². The van der Waals surface area contributed by atoms with E-state index in [-0.39, 0.29) is 0 Å². The lowest BCUT2D eigenvalue weighted by Gasteiger charge is -2.11. The second-order valence-electron chi connectivity index (χ2n) is 7.53. The molecular weight excluding hydrogens is 450 g/mol. The van der Waals surface area contributed by atoms with Crippen molar-refractivity contribution in [3.8, 4) is 5.82 Å². The number of nitrogens with zero attached hydrogens (tertiary/aromatic N) is 5. The van der Waals surface area contributed by atoms with E-state index in [1.807, 2.05) is 24.5 Å². The number of fused-ring (bicyclic) bond motifs is 9. The summed E-state index contributed by atoms with van der Waals surface area (Å²) in [5, 5.41) is 4.41. The van der Waals surface area contributed by atoms with Crippen LogP contribution in [0.25, 0.3) is 55.2 Å². The number of rotatable bonds is 1. The minimum Gasteiger partial charge on any atom is -0.293 e. The zero-order valence-corrected chi connectivity index (χ0v) is 17.8. The van der Waals surface area contributed by atoms with E-state index >= 15 is 0 Å². The van der Waals surface area contributed by atoms with Crippen LogP contribution < -0.4 is 0 Å². The maximum absolute atomic E-state index is 4.94. The van der Waals surface area contributed by atoms with Crippen LogP contribution in [0.2, 0.25) is 0 Å². The number of hydrogen-bond donors (Lipinski definition) is 0. The molecule has 0 aliphatic rings. The van der Waals surface area contributed by atoms with Gasteiger partial charge in [0.25, 0.3) is 0 Å². The van der Waals surface area contributed by atoms with Gasteiger partial charge in [-0.3, -0.25) is 14.0 Å². The zero-order valence-electron chi connectivity index (χ0n) is 16.2. The van der Waals surface area contributed by atoms with Gasteiger partial charge in [0.15, 0.2) is 11.5 Å². The second kappa shape index (κ2) is 6.12. The number of para-hydroxylation sites is 2. The van der Waals surface area contributed by atoms with E-state index in [1.165, 1.54) is 10.8 Å². The molecule has 0 saturated heterocycles. The molecule has 6 heteroatoms. The topological polar surface area (TPSA) is 48.0 Å². The molecule has 5 nitrogen and oxygen atoms in total. The molecule has 0 bridgehead atoms. The first kappa shape index (κ1) is 17.0. The van der Waals surface area contributed by atoms with Crippen LogP contribution in [-0.2, 0) is 0 Å². The second-order valence-corrected chi connectivity index (χ2v) is 8.28. The average molecular weight is 464 g/mol. The van der Waals surface area contributed by atoms with Crippen LogP contribution in [0, 0.1) is 0 Å². The van der Waals surface area contributed by atoms with Crippen molar-refractivity contribution in [2.45, 2.75) is 0 Å². The predicted molar refractivity (Wildman–Crippen MR) is 128 cm³/mol. The molecular formula is C25H14BrN5. The minimum atomic E-state index is 0.766. The molecule has 0 N–H and O–H groups in total. The van der Waals surface area contributed by atoms with E-state index in [4.69, 9.17) is 9.97 Å². The van der Waals surface area contributed by atoms with Crippen LogP contribution in [0.3, 0.4) is 0 Å². The van der Waals surface area contributed by atoms with Crippen molar-refractivity contribution >= 4 is 65.3 Å². The molecule has 0 unspecified atom stereocenters. The molecule has 0 aliphatic carbocycles. The fourth-order valence-electron chi connectivity index (χ4n) is 4.67. The fraction of sp³-hybridized carbons (Fsp3) is 0. The van der Waals surface area contributed by atoms with Crippen LogP contribution in [0.4, 0.5) is 0 Å². The van der Waals surface area contributed by atoms with Gasteiger partial charge in [0, 0.05) is 33.9 Å². The van der Waals surface area contributed by atoms with Gasteiger partial charge >= 0.3 is 0 Å². The van der Waals surface area contributed by atoms with E-state index in [0.29, 0.717) is 0 Å². The van der Waals surface area contributed by atoms with Crippen LogP contribution in [0.15, 0.2) is 89.8 Å². The van der Waals surface area contributed by atoms with E-state index in [0.717, 1.165) is 49.0 Å². The molecule has 7 rings (SSSR count). The highest BCUT2D eigenvalue weighted by Crippen LogP contribution is 2.37. The highest BCUT2D eigenvalue weighted by atomic mass is 79.9. The maximum atomic E-state index is 4.94. The molecule has 0 fully saturated rings. The van der Waals surface area contributed by atoms with Crippen molar-refractivity contribution in [1.29, 1.82) is 0 Å². The molecule has 0 saturated carbocycles. The SMILES string of the molecule is Brc1nc2c3cccnc3c3cccnc3n2c1-n1c2ccccc2c2ccccc21. The van der Waals surface area contributed by atoms with Gasteiger partial charge in [-0.15, -0.1) is 0 Å². The Morgan fingerprint density at radius 2 is 1.19 bits per heavy atom. The molecule has 5 aromatic heterocycles. The third-order valence-corrected chi connectivity index (χ3v) is 6.44. The summed E-state index contributed by atoms with van der Waals surface area (Å²) in [6.45, 7) is 0. The number of benzene rings is 2. The van der Waals surface area contributed by atoms with Gasteiger partial charge < -0.3 is 0 Å². The van der Waals surface area contributed by atoms with Crippen LogP contribution in [0.1, 0.15) is 0 Å². The molecule has 7 aromatic rings. The van der Waals surface area contributed by atoms with Gasteiger partial charge in [-0.25, -0.2) is 9.97 Å². The molecule has 0 amide bonds. The Labute approximate surface area is 184 Å². The Bertz CT molecular complexity index is 1760. The summed E-state index contributed by atoms with van der Waals surface area (Å²) >= 11 is 3.77. The highest BCUT2D eigenvalue weighted by Gasteiger charge is 2.22. The smallest absolute Gasteiger partial charge is 0.159 e. The third kappa shape index (κ3) is 2.17. The first-order valence-electron chi connectivity index (χ1n) is 10.0. The lowest BCUT2D eigenvalue weighted by Crippen LogP contribution is -2.03. The van der Waals surface area contributed by atoms with Gasteiger partial charge in [-0.1, -0.05) is 36.4 Å². The van der Waals surface area contributed by atoms with Crippen LogP contribution in [-0.4, -0.2) is 23.9 Å². The van der Waals surface area contributed by atoms with Gasteiger partial charge in [0.2, 0.25) is 0 Å². The summed E-state index contributed by atoms with van der Waals surface area (Å²) < 4.78 is 5.18. The van der Waals surface area contributed by atoms with E-state index in [2.05, 4.69) is 90.5 Å². The van der Waals surface area contributed by atoms with Gasteiger partial charge in [0.1, 0.15) is 10.3 Å². The van der Waals surface area contributed by atoms with Gasteiger partial charge in [0.05, 0.1) is 16.6 Å². The monoisotopic (exact) mass is 463 g/mol. The molecule has 5 heterocycles. The lowest BCUT2D eigenvalue weighted by atomic mass is 10.2. The van der Waals surface area contributed by atoms with Crippen molar-refractivity contribution in [2.24, 2.45) is 0 Å². The average Bonchev–Trinajstić information content (AvgIpc) is 3.34. The number of halogens is 1. The predicted octanol–water partition coefficient (Wildman–Crippen LogP) is 6.29. The summed E-state index contributed by atoms with van der Waals surface area (Å²) in [4.78, 5) is 14.3. The molecule has 146 valence electrons. The third-order valence-electron chi connectivity index (χ3n) is 5.91. The summed E-state index contributed by atoms with van der Waals surface area (Å²) in [5.74, 6) is 0.932. The molecule has 0 radical (unpaired) electrons. The van der Waals surface area contributed by atoms with Gasteiger partial charge in [-0.05, 0) is 52.3 Å². The fourth-order valence-corrected chi connectivity index (χ4v) is 5.19. The summed E-state index contributed by atoms with van der Waals surface area (Å²) in [7, 11) is 0. The number of aromatic nitrogens is 5. The summed E-state index contributed by atoms with van der Waals surface area (Å²) in [5.41, 5.74) is 4.82. The van der Waals surface area contributed by atoms with Crippen molar-refractivity contribution in [3.63, 3.8) is 0 Å². The minimum absolute atomic E-state index is 0.766. The first-order valence-corrected chi connectivity index (χ1v) is 10.8. The quantitative estimate of drug-likeness (QED) is 0.268. The number of pyridine rings is 3. The summed E-state index contributed by atoms with van der Waals surface area (Å²) in [6.07, 6.45) is 3.64. The number of hydrogen-bond acceptors (Lipinski definition) is 3. The van der Waals surface area contributed by atoms with Crippen molar-refractivity contribution in [1.82, 2.24) is 23.9 Å². The van der Waals surface area contributed by atoms with Crippen LogP contribution in [0.5, 0.6) is 0 Å². The molecule has 31 heavy (non-hydrogen) atoms. The standard InChI is InChI=1S/C25H14BrN5/c26-22-25(30-19-11-3-1-7-15(19)16-8-2-4-12-20(16)30)31-23-17(9-6-14-28-23)21-18(24(31)29-22)10-5-13-27-21/h1-14H. The normalized spacial score (nSPS) is 12.0. The Balaban J connectivity index is 1.79. The van der Waals surface area contributed by atoms with Gasteiger partial charge in [-0.2, -0.15) is 0 Å². The van der Waals surface area contributed by atoms with Crippen molar-refractivity contribution in [3.05, 3.63) is 89.8 Å². The lowest BCUT2D eigenvalue weighted by molar-refractivity contribution is 1.04. The zero-order chi connectivity index (χ0) is 20.5. The Kier molecular flexibility index (Phi) is 3.35.